The minimum Gasteiger partial charge on any atom is -0.373 e. The molecule has 5 heteroatoms. The molecule has 0 radical (unpaired) electrons. The molecule has 0 aromatic carbocycles. The summed E-state index contributed by atoms with van der Waals surface area (Å²) >= 11 is 0. The quantitative estimate of drug-likeness (QED) is 0.897. The van der Waals surface area contributed by atoms with Gasteiger partial charge in [0.05, 0.1) is 11.9 Å². The van der Waals surface area contributed by atoms with Crippen molar-refractivity contribution in [2.75, 3.05) is 12.4 Å². The molecule has 2 aromatic heterocycles. The molecule has 2 heterocycles. The molecule has 19 heavy (non-hydrogen) atoms. The molecule has 0 unspecified atom stereocenters. The van der Waals surface area contributed by atoms with Crippen LogP contribution < -0.4 is 5.32 Å². The highest BCUT2D eigenvalue weighted by Crippen LogP contribution is 2.25. The minimum atomic E-state index is 0.824. The molecule has 0 amide bonds. The van der Waals surface area contributed by atoms with Gasteiger partial charge in [-0.25, -0.2) is 9.97 Å². The lowest BCUT2D eigenvalue weighted by molar-refractivity contribution is 0.603. The van der Waals surface area contributed by atoms with Crippen molar-refractivity contribution in [1.82, 2.24) is 19.7 Å². The van der Waals surface area contributed by atoms with E-state index >= 15 is 0 Å². The van der Waals surface area contributed by atoms with E-state index in [1.807, 2.05) is 24.9 Å². The van der Waals surface area contributed by atoms with Gasteiger partial charge in [0, 0.05) is 37.3 Å². The van der Waals surface area contributed by atoms with Crippen molar-refractivity contribution < 1.29 is 0 Å². The summed E-state index contributed by atoms with van der Waals surface area (Å²) in [7, 11) is 1.89. The Morgan fingerprint density at radius 3 is 2.68 bits per heavy atom. The Labute approximate surface area is 114 Å². The van der Waals surface area contributed by atoms with Gasteiger partial charge in [0.15, 0.2) is 0 Å². The molecule has 0 bridgehead atoms. The Balaban J connectivity index is 2.47. The molecule has 0 fully saturated rings. The number of hydrogen-bond acceptors (Lipinski definition) is 4. The average Bonchev–Trinajstić information content (AvgIpc) is 2.88. The standard InChI is InChI=1S/C14H21N5/c1-5-7-19-9-11(8-16-19)13-10(3)14(15-4)18-12(6-2)17-13/h8-9H,5-7H2,1-4H3,(H,15,17,18). The summed E-state index contributed by atoms with van der Waals surface area (Å²) in [4.78, 5) is 9.13. The molecule has 2 aromatic rings. The maximum atomic E-state index is 4.64. The van der Waals surface area contributed by atoms with E-state index < -0.39 is 0 Å². The summed E-state index contributed by atoms with van der Waals surface area (Å²) in [6.07, 6.45) is 5.83. The molecule has 0 atom stereocenters. The summed E-state index contributed by atoms with van der Waals surface area (Å²) < 4.78 is 1.96. The van der Waals surface area contributed by atoms with E-state index in [-0.39, 0.29) is 0 Å². The summed E-state index contributed by atoms with van der Waals surface area (Å²) in [5.41, 5.74) is 3.09. The van der Waals surface area contributed by atoms with E-state index in [1.165, 1.54) is 0 Å². The summed E-state index contributed by atoms with van der Waals surface area (Å²) in [5.74, 6) is 1.75. The van der Waals surface area contributed by atoms with Gasteiger partial charge in [0.1, 0.15) is 11.6 Å². The number of nitrogens with one attached hydrogen (secondary N) is 1. The molecular weight excluding hydrogens is 238 g/mol. The van der Waals surface area contributed by atoms with Crippen molar-refractivity contribution in [1.29, 1.82) is 0 Å². The van der Waals surface area contributed by atoms with Crippen molar-refractivity contribution in [3.63, 3.8) is 0 Å². The molecule has 2 rings (SSSR count). The van der Waals surface area contributed by atoms with Crippen LogP contribution in [0.3, 0.4) is 0 Å². The molecule has 102 valence electrons. The monoisotopic (exact) mass is 259 g/mol. The van der Waals surface area contributed by atoms with Crippen molar-refractivity contribution in [2.24, 2.45) is 0 Å². The van der Waals surface area contributed by atoms with Crippen molar-refractivity contribution in [3.8, 4) is 11.3 Å². The van der Waals surface area contributed by atoms with Gasteiger partial charge in [0.25, 0.3) is 0 Å². The minimum absolute atomic E-state index is 0.824. The number of hydrogen-bond donors (Lipinski definition) is 1. The Kier molecular flexibility index (Phi) is 4.14. The fourth-order valence-electron chi connectivity index (χ4n) is 2.08. The maximum absolute atomic E-state index is 4.64. The smallest absolute Gasteiger partial charge is 0.133 e. The predicted molar refractivity (Wildman–Crippen MR) is 77.2 cm³/mol. The summed E-state index contributed by atoms with van der Waals surface area (Å²) in [5, 5.41) is 7.50. The van der Waals surface area contributed by atoms with Crippen molar-refractivity contribution in [3.05, 3.63) is 23.8 Å². The summed E-state index contributed by atoms with van der Waals surface area (Å²) in [6.45, 7) is 7.18. The van der Waals surface area contributed by atoms with Gasteiger partial charge in [-0.1, -0.05) is 13.8 Å². The molecule has 5 nitrogen and oxygen atoms in total. The predicted octanol–water partition coefficient (Wildman–Crippen LogP) is 2.66. The zero-order valence-electron chi connectivity index (χ0n) is 12.1. The number of aryl methyl sites for hydroxylation is 2. The second-order valence-electron chi connectivity index (χ2n) is 4.56. The number of aromatic nitrogens is 4. The fraction of sp³-hybridized carbons (Fsp3) is 0.500. The Morgan fingerprint density at radius 2 is 2.05 bits per heavy atom. The molecule has 0 spiro atoms. The van der Waals surface area contributed by atoms with Gasteiger partial charge in [-0.05, 0) is 13.3 Å². The van der Waals surface area contributed by atoms with Crippen LogP contribution in [0.25, 0.3) is 11.3 Å². The van der Waals surface area contributed by atoms with E-state index in [2.05, 4.69) is 40.4 Å². The molecule has 0 aliphatic carbocycles. The van der Waals surface area contributed by atoms with Crippen LogP contribution in [0, 0.1) is 6.92 Å². The normalized spacial score (nSPS) is 10.7. The number of anilines is 1. The molecule has 1 N–H and O–H groups in total. The largest absolute Gasteiger partial charge is 0.373 e. The van der Waals surface area contributed by atoms with Crippen LogP contribution in [0.2, 0.25) is 0 Å². The van der Waals surface area contributed by atoms with Gasteiger partial charge in [0.2, 0.25) is 0 Å². The van der Waals surface area contributed by atoms with E-state index in [0.29, 0.717) is 0 Å². The van der Waals surface area contributed by atoms with Gasteiger partial charge in [-0.2, -0.15) is 5.10 Å². The third-order valence-electron chi connectivity index (χ3n) is 3.10. The highest BCUT2D eigenvalue weighted by Gasteiger charge is 2.12. The second-order valence-corrected chi connectivity index (χ2v) is 4.56. The molecule has 0 saturated heterocycles. The highest BCUT2D eigenvalue weighted by atomic mass is 15.3. The van der Waals surface area contributed by atoms with Crippen LogP contribution in [0.1, 0.15) is 31.7 Å². The van der Waals surface area contributed by atoms with Gasteiger partial charge >= 0.3 is 0 Å². The molecule has 0 saturated carbocycles. The van der Waals surface area contributed by atoms with E-state index in [4.69, 9.17) is 0 Å². The fourth-order valence-corrected chi connectivity index (χ4v) is 2.08. The third-order valence-corrected chi connectivity index (χ3v) is 3.10. The SMILES string of the molecule is CCCn1cc(-c2nc(CC)nc(NC)c2C)cn1. The van der Waals surface area contributed by atoms with Crippen molar-refractivity contribution in [2.45, 2.75) is 40.2 Å². The third kappa shape index (κ3) is 2.75. The zero-order valence-corrected chi connectivity index (χ0v) is 12.1. The lowest BCUT2D eigenvalue weighted by Gasteiger charge is -2.10. The van der Waals surface area contributed by atoms with Crippen LogP contribution in [-0.2, 0) is 13.0 Å². The number of nitrogens with zero attached hydrogens (tertiary/aromatic N) is 4. The average molecular weight is 259 g/mol. The van der Waals surface area contributed by atoms with E-state index in [1.54, 1.807) is 0 Å². The maximum Gasteiger partial charge on any atom is 0.133 e. The first kappa shape index (κ1) is 13.5. The van der Waals surface area contributed by atoms with Gasteiger partial charge in [-0.15, -0.1) is 0 Å². The zero-order chi connectivity index (χ0) is 13.8. The van der Waals surface area contributed by atoms with Crippen LogP contribution in [0.4, 0.5) is 5.82 Å². The number of rotatable bonds is 5. The molecule has 0 aliphatic rings. The van der Waals surface area contributed by atoms with Crippen LogP contribution in [0.5, 0.6) is 0 Å². The highest BCUT2D eigenvalue weighted by molar-refractivity contribution is 5.66. The Morgan fingerprint density at radius 1 is 1.26 bits per heavy atom. The van der Waals surface area contributed by atoms with Crippen molar-refractivity contribution >= 4 is 5.82 Å². The first-order chi connectivity index (χ1) is 9.19. The first-order valence-electron chi connectivity index (χ1n) is 6.77. The lowest BCUT2D eigenvalue weighted by Crippen LogP contribution is -2.04. The van der Waals surface area contributed by atoms with Crippen LogP contribution >= 0.6 is 0 Å². The Bertz CT molecular complexity index is 559. The van der Waals surface area contributed by atoms with E-state index in [0.717, 1.165) is 47.8 Å². The first-order valence-corrected chi connectivity index (χ1v) is 6.77. The van der Waals surface area contributed by atoms with E-state index in [9.17, 15) is 0 Å². The van der Waals surface area contributed by atoms with Gasteiger partial charge in [-0.3, -0.25) is 4.68 Å². The second kappa shape index (κ2) is 5.82. The van der Waals surface area contributed by atoms with Crippen LogP contribution in [-0.4, -0.2) is 26.8 Å². The molecule has 0 aliphatic heterocycles. The lowest BCUT2D eigenvalue weighted by atomic mass is 10.1. The molecular formula is C14H21N5. The topological polar surface area (TPSA) is 55.6 Å². The Hall–Kier alpha value is -1.91. The van der Waals surface area contributed by atoms with Crippen LogP contribution in [0.15, 0.2) is 12.4 Å². The summed E-state index contributed by atoms with van der Waals surface area (Å²) in [6, 6.07) is 0. The van der Waals surface area contributed by atoms with Gasteiger partial charge < -0.3 is 5.32 Å².